The summed E-state index contributed by atoms with van der Waals surface area (Å²) in [6.45, 7) is 6.31. The van der Waals surface area contributed by atoms with Crippen LogP contribution in [0.25, 0.3) is 6.08 Å². The number of nitrogens with zero attached hydrogens (tertiary/aromatic N) is 2. The van der Waals surface area contributed by atoms with Crippen LogP contribution in [0.2, 0.25) is 0 Å². The van der Waals surface area contributed by atoms with Gasteiger partial charge in [0.25, 0.3) is 5.69 Å². The highest BCUT2D eigenvalue weighted by Gasteiger charge is 2.05. The summed E-state index contributed by atoms with van der Waals surface area (Å²) in [6.07, 6.45) is 4.06. The smallest absolute Gasteiger partial charge is 0.269 e. The summed E-state index contributed by atoms with van der Waals surface area (Å²) in [5.41, 5.74) is 10.3. The molecule has 146 valence electrons. The van der Waals surface area contributed by atoms with Gasteiger partial charge in [-0.05, 0) is 55.7 Å². The largest absolute Gasteiger partial charge is 0.278 e. The average Bonchev–Trinajstić information content (AvgIpc) is 2.70. The molecule has 0 heterocycles. The van der Waals surface area contributed by atoms with Crippen molar-refractivity contribution in [2.75, 3.05) is 5.43 Å². The normalized spacial score (nSPS) is 11.6. The number of anilines is 1. The van der Waals surface area contributed by atoms with Gasteiger partial charge in [0, 0.05) is 17.7 Å². The van der Waals surface area contributed by atoms with Gasteiger partial charge in [-0.15, -0.1) is 0 Å². The fourth-order valence-corrected chi connectivity index (χ4v) is 3.21. The van der Waals surface area contributed by atoms with Gasteiger partial charge in [0.15, 0.2) is 0 Å². The molecule has 0 unspecified atom stereocenters. The minimum atomic E-state index is -0.419. The van der Waals surface area contributed by atoms with Crippen LogP contribution in [0.15, 0.2) is 77.9 Å². The molecule has 3 rings (SSSR count). The van der Waals surface area contributed by atoms with Gasteiger partial charge in [-0.1, -0.05) is 54.1 Å². The van der Waals surface area contributed by atoms with Crippen molar-refractivity contribution in [1.82, 2.24) is 0 Å². The molecule has 5 nitrogen and oxygen atoms in total. The maximum absolute atomic E-state index is 10.8. The Kier molecular flexibility index (Phi) is 6.19. The van der Waals surface area contributed by atoms with E-state index < -0.39 is 4.92 Å². The molecular weight excluding hydrogens is 362 g/mol. The van der Waals surface area contributed by atoms with Crippen LogP contribution >= 0.6 is 0 Å². The number of nitro groups is 1. The summed E-state index contributed by atoms with van der Waals surface area (Å²) in [5.74, 6) is 0. The number of hydrogen-bond donors (Lipinski definition) is 1. The number of benzene rings is 3. The van der Waals surface area contributed by atoms with Crippen LogP contribution in [0.1, 0.15) is 27.8 Å². The summed E-state index contributed by atoms with van der Waals surface area (Å²) in [5, 5.41) is 15.3. The first-order valence-corrected chi connectivity index (χ1v) is 9.33. The Hall–Kier alpha value is -3.73. The van der Waals surface area contributed by atoms with Crippen molar-refractivity contribution >= 4 is 23.2 Å². The van der Waals surface area contributed by atoms with Crippen molar-refractivity contribution in [3.63, 3.8) is 0 Å². The number of nitro benzene ring substituents is 1. The van der Waals surface area contributed by atoms with Crippen LogP contribution in [-0.2, 0) is 0 Å². The molecule has 3 aromatic rings. The number of aryl methyl sites for hydroxylation is 3. The molecule has 1 N–H and O–H groups in total. The predicted octanol–water partition coefficient (Wildman–Crippen LogP) is 6.05. The quantitative estimate of drug-likeness (QED) is 0.319. The summed E-state index contributed by atoms with van der Waals surface area (Å²) in [6, 6.07) is 20.4. The first-order valence-electron chi connectivity index (χ1n) is 9.33. The Morgan fingerprint density at radius 2 is 1.59 bits per heavy atom. The molecule has 0 saturated heterocycles. The number of hydrogen-bond acceptors (Lipinski definition) is 4. The molecule has 0 amide bonds. The van der Waals surface area contributed by atoms with E-state index in [1.54, 1.807) is 12.1 Å². The van der Waals surface area contributed by atoms with Gasteiger partial charge < -0.3 is 0 Å². The van der Waals surface area contributed by atoms with Crippen LogP contribution in [0.5, 0.6) is 0 Å². The van der Waals surface area contributed by atoms with Crippen molar-refractivity contribution in [2.24, 2.45) is 5.10 Å². The summed E-state index contributed by atoms with van der Waals surface area (Å²) >= 11 is 0. The molecule has 3 aromatic carbocycles. The van der Waals surface area contributed by atoms with E-state index in [9.17, 15) is 10.1 Å². The van der Waals surface area contributed by atoms with Crippen molar-refractivity contribution in [3.05, 3.63) is 111 Å². The highest BCUT2D eigenvalue weighted by Crippen LogP contribution is 2.19. The van der Waals surface area contributed by atoms with E-state index in [0.717, 1.165) is 11.3 Å². The molecule has 0 aliphatic carbocycles. The molecule has 0 saturated carbocycles. The maximum atomic E-state index is 10.8. The van der Waals surface area contributed by atoms with Crippen LogP contribution in [0, 0.1) is 30.9 Å². The van der Waals surface area contributed by atoms with Crippen LogP contribution in [0.4, 0.5) is 11.4 Å². The lowest BCUT2D eigenvalue weighted by molar-refractivity contribution is -0.384. The van der Waals surface area contributed by atoms with Gasteiger partial charge in [0.05, 0.1) is 16.3 Å². The third-order valence-corrected chi connectivity index (χ3v) is 4.60. The first kappa shape index (κ1) is 20.0. The molecule has 5 heteroatoms. The van der Waals surface area contributed by atoms with E-state index >= 15 is 0 Å². The lowest BCUT2D eigenvalue weighted by atomic mass is 9.98. The Balaban J connectivity index is 1.91. The second-order valence-electron chi connectivity index (χ2n) is 6.92. The average molecular weight is 385 g/mol. The molecule has 0 radical (unpaired) electrons. The third-order valence-electron chi connectivity index (χ3n) is 4.60. The minimum absolute atomic E-state index is 0.0491. The van der Waals surface area contributed by atoms with Gasteiger partial charge in [0.2, 0.25) is 0 Å². The molecule has 0 atom stereocenters. The summed E-state index contributed by atoms with van der Waals surface area (Å²) in [4.78, 5) is 10.4. The van der Waals surface area contributed by atoms with Gasteiger partial charge in [0.1, 0.15) is 0 Å². The fourth-order valence-electron chi connectivity index (χ4n) is 3.21. The number of hydrazone groups is 1. The van der Waals surface area contributed by atoms with Gasteiger partial charge >= 0.3 is 0 Å². The number of rotatable bonds is 6. The predicted molar refractivity (Wildman–Crippen MR) is 119 cm³/mol. The molecule has 0 bridgehead atoms. The van der Waals surface area contributed by atoms with E-state index in [1.807, 2.05) is 36.4 Å². The molecule has 0 fully saturated rings. The SMILES string of the molecule is Cc1cc(C)c(/C=C/C(=N/Nc2ccc([N+](=O)[O-])cc2)c2ccccc2)c(C)c1. The van der Waals surface area contributed by atoms with E-state index in [0.29, 0.717) is 5.69 Å². The lowest BCUT2D eigenvalue weighted by Crippen LogP contribution is -2.02. The highest BCUT2D eigenvalue weighted by molar-refractivity contribution is 6.11. The molecule has 0 aromatic heterocycles. The fraction of sp³-hybridized carbons (Fsp3) is 0.125. The first-order chi connectivity index (χ1) is 13.9. The van der Waals surface area contributed by atoms with E-state index in [4.69, 9.17) is 0 Å². The zero-order chi connectivity index (χ0) is 20.8. The minimum Gasteiger partial charge on any atom is -0.278 e. The third kappa shape index (κ3) is 5.17. The molecular formula is C24H23N3O2. The highest BCUT2D eigenvalue weighted by atomic mass is 16.6. The summed E-state index contributed by atoms with van der Waals surface area (Å²) in [7, 11) is 0. The number of nitrogens with one attached hydrogen (secondary N) is 1. The van der Waals surface area contributed by atoms with Crippen molar-refractivity contribution < 1.29 is 4.92 Å². The van der Waals surface area contributed by atoms with E-state index in [-0.39, 0.29) is 5.69 Å². The number of non-ortho nitro benzene ring substituents is 1. The second kappa shape index (κ2) is 8.97. The molecule has 0 spiro atoms. The van der Waals surface area contributed by atoms with Crippen LogP contribution in [-0.4, -0.2) is 10.6 Å². The monoisotopic (exact) mass is 385 g/mol. The van der Waals surface area contributed by atoms with Crippen molar-refractivity contribution in [3.8, 4) is 0 Å². The zero-order valence-electron chi connectivity index (χ0n) is 16.7. The van der Waals surface area contributed by atoms with Gasteiger partial charge in [-0.3, -0.25) is 15.5 Å². The van der Waals surface area contributed by atoms with Crippen molar-refractivity contribution in [1.29, 1.82) is 0 Å². The summed E-state index contributed by atoms with van der Waals surface area (Å²) < 4.78 is 0. The van der Waals surface area contributed by atoms with E-state index in [2.05, 4.69) is 49.5 Å². The van der Waals surface area contributed by atoms with Crippen LogP contribution < -0.4 is 5.43 Å². The van der Waals surface area contributed by atoms with Crippen LogP contribution in [0.3, 0.4) is 0 Å². The Bertz CT molecular complexity index is 1050. The molecule has 29 heavy (non-hydrogen) atoms. The van der Waals surface area contributed by atoms with E-state index in [1.165, 1.54) is 34.4 Å². The van der Waals surface area contributed by atoms with Gasteiger partial charge in [-0.25, -0.2) is 0 Å². The maximum Gasteiger partial charge on any atom is 0.269 e. The second-order valence-corrected chi connectivity index (χ2v) is 6.92. The molecule has 0 aliphatic heterocycles. The topological polar surface area (TPSA) is 67.5 Å². The Morgan fingerprint density at radius 1 is 0.966 bits per heavy atom. The zero-order valence-corrected chi connectivity index (χ0v) is 16.7. The lowest BCUT2D eigenvalue weighted by Gasteiger charge is -2.08. The standard InChI is InChI=1S/C24H23N3O2/c1-17-15-18(2)23(19(3)16-17)13-14-24(20-7-5-4-6-8-20)26-25-21-9-11-22(12-10-21)27(28)29/h4-16,25H,1-3H3/b14-13+,26-24-. The molecule has 0 aliphatic rings. The Labute approximate surface area is 170 Å². The van der Waals surface area contributed by atoms with Crippen molar-refractivity contribution in [2.45, 2.75) is 20.8 Å². The van der Waals surface area contributed by atoms with Gasteiger partial charge in [-0.2, -0.15) is 5.10 Å². The Morgan fingerprint density at radius 3 is 2.17 bits per heavy atom. The number of allylic oxidation sites excluding steroid dienone is 1.